The summed E-state index contributed by atoms with van der Waals surface area (Å²) in [6, 6.07) is 4.92. The van der Waals surface area contributed by atoms with Crippen LogP contribution in [0.5, 0.6) is 0 Å². The van der Waals surface area contributed by atoms with Gasteiger partial charge in [0.15, 0.2) is 5.84 Å². The molecule has 0 aliphatic carbocycles. The third kappa shape index (κ3) is 3.61. The fourth-order valence-corrected chi connectivity index (χ4v) is 3.11. The molecular weight excluding hydrogens is 267 g/mol. The van der Waals surface area contributed by atoms with Crippen molar-refractivity contribution in [3.63, 3.8) is 0 Å². The molecule has 6 heteroatoms. The number of ether oxygens (including phenoxy) is 1. The summed E-state index contributed by atoms with van der Waals surface area (Å²) in [5.74, 6) is 0.798. The molecule has 0 spiro atoms. The predicted molar refractivity (Wildman–Crippen MR) is 74.0 cm³/mol. The van der Waals surface area contributed by atoms with Gasteiger partial charge in [-0.2, -0.15) is 11.8 Å². The maximum Gasteiger partial charge on any atom is 0.173 e. The first kappa shape index (κ1) is 14.1. The van der Waals surface area contributed by atoms with Gasteiger partial charge in [-0.3, -0.25) is 0 Å². The van der Waals surface area contributed by atoms with Gasteiger partial charge in [0.2, 0.25) is 0 Å². The van der Waals surface area contributed by atoms with E-state index in [1.54, 1.807) is 23.9 Å². The van der Waals surface area contributed by atoms with Crippen molar-refractivity contribution in [1.29, 1.82) is 0 Å². The maximum atomic E-state index is 14.1. The average Bonchev–Trinajstić information content (AvgIpc) is 2.93. The van der Waals surface area contributed by atoms with E-state index in [9.17, 15) is 4.39 Å². The third-order valence-corrected chi connectivity index (χ3v) is 4.17. The Balaban J connectivity index is 1.96. The summed E-state index contributed by atoms with van der Waals surface area (Å²) in [6.07, 6.45) is 2.48. The van der Waals surface area contributed by atoms with Crippen molar-refractivity contribution in [2.75, 3.05) is 12.4 Å². The number of nitrogens with zero attached hydrogens (tertiary/aromatic N) is 1. The first-order valence-electron chi connectivity index (χ1n) is 6.17. The van der Waals surface area contributed by atoms with Crippen LogP contribution in [0.4, 0.5) is 4.39 Å². The monoisotopic (exact) mass is 284 g/mol. The summed E-state index contributed by atoms with van der Waals surface area (Å²) >= 11 is 1.64. The van der Waals surface area contributed by atoms with Crippen LogP contribution in [-0.2, 0) is 10.5 Å². The topological polar surface area (TPSA) is 67.8 Å². The molecule has 0 amide bonds. The van der Waals surface area contributed by atoms with Gasteiger partial charge in [0.05, 0.1) is 11.7 Å². The van der Waals surface area contributed by atoms with Gasteiger partial charge in [-0.15, -0.1) is 0 Å². The Hall–Kier alpha value is -1.27. The molecule has 1 unspecified atom stereocenters. The van der Waals surface area contributed by atoms with Crippen LogP contribution in [0.2, 0.25) is 0 Å². The Labute approximate surface area is 115 Å². The van der Waals surface area contributed by atoms with Crippen molar-refractivity contribution in [2.45, 2.75) is 24.7 Å². The second-order valence-electron chi connectivity index (χ2n) is 4.41. The molecule has 2 rings (SSSR count). The number of hydrogen-bond acceptors (Lipinski definition) is 4. The molecule has 0 aromatic heterocycles. The van der Waals surface area contributed by atoms with Crippen LogP contribution in [-0.4, -0.2) is 29.5 Å². The molecule has 1 fully saturated rings. The van der Waals surface area contributed by atoms with Crippen molar-refractivity contribution in [3.8, 4) is 0 Å². The minimum Gasteiger partial charge on any atom is -0.409 e. The molecule has 1 aromatic rings. The van der Waals surface area contributed by atoms with E-state index >= 15 is 0 Å². The van der Waals surface area contributed by atoms with Gasteiger partial charge in [0.1, 0.15) is 5.82 Å². The number of benzene rings is 1. The highest BCUT2D eigenvalue weighted by molar-refractivity contribution is 7.98. The third-order valence-electron chi connectivity index (χ3n) is 3.05. The van der Waals surface area contributed by atoms with Crippen LogP contribution in [0, 0.1) is 5.82 Å². The number of amidine groups is 1. The van der Waals surface area contributed by atoms with Gasteiger partial charge in [-0.25, -0.2) is 4.39 Å². The van der Waals surface area contributed by atoms with Gasteiger partial charge in [-0.1, -0.05) is 17.3 Å². The zero-order chi connectivity index (χ0) is 13.7. The summed E-state index contributed by atoms with van der Waals surface area (Å²) in [5.41, 5.74) is 6.12. The summed E-state index contributed by atoms with van der Waals surface area (Å²) in [7, 11) is 0. The van der Waals surface area contributed by atoms with Crippen LogP contribution in [0.25, 0.3) is 0 Å². The van der Waals surface area contributed by atoms with Crippen LogP contribution in [0.15, 0.2) is 23.4 Å². The number of hydrogen-bond donors (Lipinski definition) is 2. The molecule has 1 aliphatic heterocycles. The molecule has 0 saturated carbocycles. The van der Waals surface area contributed by atoms with Gasteiger partial charge in [0, 0.05) is 18.1 Å². The lowest BCUT2D eigenvalue weighted by molar-refractivity contribution is 0.129. The van der Waals surface area contributed by atoms with Crippen molar-refractivity contribution >= 4 is 17.6 Å². The Morgan fingerprint density at radius 1 is 1.58 bits per heavy atom. The molecule has 1 atom stereocenters. The number of nitrogens with two attached hydrogens (primary N) is 1. The minimum atomic E-state index is -0.419. The van der Waals surface area contributed by atoms with Gasteiger partial charge in [0.25, 0.3) is 0 Å². The zero-order valence-corrected chi connectivity index (χ0v) is 11.3. The first-order valence-corrected chi connectivity index (χ1v) is 7.32. The van der Waals surface area contributed by atoms with Crippen molar-refractivity contribution in [3.05, 3.63) is 35.1 Å². The van der Waals surface area contributed by atoms with E-state index in [-0.39, 0.29) is 11.4 Å². The van der Waals surface area contributed by atoms with Crippen LogP contribution >= 0.6 is 11.8 Å². The average molecular weight is 284 g/mol. The van der Waals surface area contributed by atoms with Crippen molar-refractivity contribution in [2.24, 2.45) is 10.9 Å². The Bertz CT molecular complexity index is 462. The van der Waals surface area contributed by atoms with Gasteiger partial charge < -0.3 is 15.7 Å². The molecule has 1 aromatic carbocycles. The highest BCUT2D eigenvalue weighted by atomic mass is 32.2. The summed E-state index contributed by atoms with van der Waals surface area (Å²) in [4.78, 5) is 0. The second-order valence-corrected chi connectivity index (χ2v) is 5.44. The minimum absolute atomic E-state index is 0.137. The highest BCUT2D eigenvalue weighted by Crippen LogP contribution is 2.22. The zero-order valence-electron chi connectivity index (χ0n) is 10.5. The Morgan fingerprint density at radius 3 is 3.11 bits per heavy atom. The van der Waals surface area contributed by atoms with Crippen LogP contribution in [0.1, 0.15) is 24.0 Å². The molecule has 19 heavy (non-hydrogen) atoms. The smallest absolute Gasteiger partial charge is 0.173 e. The normalized spacial score (nSPS) is 19.8. The number of oxime groups is 1. The van der Waals surface area contributed by atoms with E-state index < -0.39 is 5.82 Å². The molecular formula is C13H17FN2O2S. The molecule has 1 aliphatic rings. The van der Waals surface area contributed by atoms with E-state index in [2.05, 4.69) is 5.16 Å². The highest BCUT2D eigenvalue weighted by Gasteiger charge is 2.16. The molecule has 4 nitrogen and oxygen atoms in total. The number of thioether (sulfide) groups is 1. The number of halogens is 1. The van der Waals surface area contributed by atoms with E-state index in [0.717, 1.165) is 25.2 Å². The fraction of sp³-hybridized carbons (Fsp3) is 0.462. The molecule has 0 radical (unpaired) electrons. The van der Waals surface area contributed by atoms with Crippen molar-refractivity contribution in [1.82, 2.24) is 0 Å². The lowest BCUT2D eigenvalue weighted by atomic mass is 10.1. The Morgan fingerprint density at radius 2 is 2.42 bits per heavy atom. The van der Waals surface area contributed by atoms with E-state index in [0.29, 0.717) is 17.4 Å². The number of rotatable bonds is 5. The largest absolute Gasteiger partial charge is 0.409 e. The lowest BCUT2D eigenvalue weighted by Gasteiger charge is -2.10. The molecule has 0 bridgehead atoms. The van der Waals surface area contributed by atoms with Crippen LogP contribution in [0.3, 0.4) is 0 Å². The fourth-order valence-electron chi connectivity index (χ4n) is 2.02. The quantitative estimate of drug-likeness (QED) is 0.377. The van der Waals surface area contributed by atoms with Gasteiger partial charge >= 0.3 is 0 Å². The first-order chi connectivity index (χ1) is 9.22. The summed E-state index contributed by atoms with van der Waals surface area (Å²) in [6.45, 7) is 0.832. The van der Waals surface area contributed by atoms with E-state index in [4.69, 9.17) is 15.7 Å². The van der Waals surface area contributed by atoms with E-state index in [1.807, 2.05) is 0 Å². The second kappa shape index (κ2) is 6.77. The lowest BCUT2D eigenvalue weighted by Crippen LogP contribution is -2.16. The molecule has 1 saturated heterocycles. The van der Waals surface area contributed by atoms with Crippen LogP contribution < -0.4 is 5.73 Å². The van der Waals surface area contributed by atoms with E-state index in [1.165, 1.54) is 6.07 Å². The maximum absolute atomic E-state index is 14.1. The molecule has 1 heterocycles. The summed E-state index contributed by atoms with van der Waals surface area (Å²) < 4.78 is 19.6. The predicted octanol–water partition coefficient (Wildman–Crippen LogP) is 2.33. The SMILES string of the molecule is N/C(=N/O)c1cccc(CSCC2CCCO2)c1F. The Kier molecular flexibility index (Phi) is 5.04. The van der Waals surface area contributed by atoms with Gasteiger partial charge in [-0.05, 0) is 24.5 Å². The standard InChI is InChI=1S/C13H17FN2O2S/c14-12-9(3-1-5-11(12)13(15)16-17)7-19-8-10-4-2-6-18-10/h1,3,5,10,17H,2,4,6-8H2,(H2,15,16). The molecule has 104 valence electrons. The molecule has 3 N–H and O–H groups in total. The van der Waals surface area contributed by atoms with Crippen molar-refractivity contribution < 1.29 is 14.3 Å². The summed E-state index contributed by atoms with van der Waals surface area (Å²) in [5, 5.41) is 11.4.